The van der Waals surface area contributed by atoms with Gasteiger partial charge in [0.2, 0.25) is 5.91 Å². The molecule has 0 saturated carbocycles. The number of hydrogen-bond acceptors (Lipinski definition) is 5. The number of ether oxygens (including phenoxy) is 1. The van der Waals surface area contributed by atoms with Crippen molar-refractivity contribution >= 4 is 18.0 Å². The van der Waals surface area contributed by atoms with Crippen molar-refractivity contribution in [3.63, 3.8) is 0 Å². The average molecular weight is 482 g/mol. The fourth-order valence-corrected chi connectivity index (χ4v) is 4.40. The van der Waals surface area contributed by atoms with E-state index in [0.717, 1.165) is 22.3 Å². The molecule has 35 heavy (non-hydrogen) atoms. The van der Waals surface area contributed by atoms with Crippen molar-refractivity contribution in [3.05, 3.63) is 59.7 Å². The number of alkyl carbamates (subject to hydrolysis) is 1. The number of nitrogens with one attached hydrogen (secondary N) is 2. The minimum Gasteiger partial charge on any atom is -0.480 e. The van der Waals surface area contributed by atoms with Crippen molar-refractivity contribution in [1.82, 2.24) is 15.5 Å². The molecule has 2 unspecified atom stereocenters. The Bertz CT molecular complexity index is 1010. The van der Waals surface area contributed by atoms with E-state index in [4.69, 9.17) is 4.74 Å². The third kappa shape index (κ3) is 6.60. The van der Waals surface area contributed by atoms with Crippen molar-refractivity contribution in [2.24, 2.45) is 11.8 Å². The Morgan fingerprint density at radius 3 is 2.09 bits per heavy atom. The summed E-state index contributed by atoms with van der Waals surface area (Å²) in [5.41, 5.74) is 4.54. The van der Waals surface area contributed by atoms with E-state index in [1.165, 1.54) is 0 Å². The van der Waals surface area contributed by atoms with Crippen LogP contribution < -0.4 is 10.6 Å². The van der Waals surface area contributed by atoms with Gasteiger partial charge >= 0.3 is 12.1 Å². The van der Waals surface area contributed by atoms with Crippen LogP contribution in [0, 0.1) is 11.8 Å². The molecule has 2 amide bonds. The summed E-state index contributed by atoms with van der Waals surface area (Å²) in [5.74, 6) is -2.22. The van der Waals surface area contributed by atoms with Crippen LogP contribution in [0.15, 0.2) is 48.5 Å². The first-order valence-corrected chi connectivity index (χ1v) is 12.0. The van der Waals surface area contributed by atoms with E-state index in [9.17, 15) is 19.5 Å². The number of fused-ring (bicyclic) bond motifs is 3. The molecule has 2 atom stereocenters. The smallest absolute Gasteiger partial charge is 0.407 e. The molecule has 2 aromatic rings. The molecule has 0 radical (unpaired) electrons. The summed E-state index contributed by atoms with van der Waals surface area (Å²) in [6.45, 7) is 4.49. The predicted octanol–water partition coefficient (Wildman–Crippen LogP) is 3.32. The molecule has 3 N–H and O–H groups in total. The molecule has 1 aliphatic carbocycles. The maximum atomic E-state index is 12.8. The molecule has 0 spiro atoms. The van der Waals surface area contributed by atoms with Gasteiger partial charge in [-0.25, -0.2) is 9.59 Å². The first-order valence-electron chi connectivity index (χ1n) is 12.0. The highest BCUT2D eigenvalue weighted by molar-refractivity contribution is 5.85. The van der Waals surface area contributed by atoms with Gasteiger partial charge in [-0.15, -0.1) is 0 Å². The number of hydrogen-bond donors (Lipinski definition) is 3. The number of rotatable bonds is 11. The third-order valence-corrected chi connectivity index (χ3v) is 6.43. The lowest BCUT2D eigenvalue weighted by atomic mass is 9.94. The molecule has 188 valence electrons. The number of carbonyl (C=O) groups is 3. The Kier molecular flexibility index (Phi) is 8.87. The van der Waals surface area contributed by atoms with Crippen molar-refractivity contribution in [2.75, 3.05) is 33.8 Å². The van der Waals surface area contributed by atoms with Gasteiger partial charge < -0.3 is 25.4 Å². The van der Waals surface area contributed by atoms with Crippen molar-refractivity contribution in [3.8, 4) is 11.1 Å². The van der Waals surface area contributed by atoms with Gasteiger partial charge in [-0.05, 0) is 48.7 Å². The second-order valence-electron chi connectivity index (χ2n) is 9.55. The summed E-state index contributed by atoms with van der Waals surface area (Å²) in [4.78, 5) is 38.8. The Balaban J connectivity index is 1.56. The lowest BCUT2D eigenvalue weighted by Gasteiger charge is -2.24. The van der Waals surface area contributed by atoms with Crippen molar-refractivity contribution in [1.29, 1.82) is 0 Å². The first-order chi connectivity index (χ1) is 16.7. The van der Waals surface area contributed by atoms with Gasteiger partial charge in [-0.1, -0.05) is 62.4 Å². The van der Waals surface area contributed by atoms with Crippen LogP contribution >= 0.6 is 0 Å². The van der Waals surface area contributed by atoms with Crippen LogP contribution in [0.1, 0.15) is 37.3 Å². The summed E-state index contributed by atoms with van der Waals surface area (Å²) in [6, 6.07) is 15.2. The average Bonchev–Trinajstić information content (AvgIpc) is 3.13. The molecule has 0 fully saturated rings. The lowest BCUT2D eigenvalue weighted by molar-refractivity contribution is -0.143. The third-order valence-electron chi connectivity index (χ3n) is 6.43. The van der Waals surface area contributed by atoms with E-state index >= 15 is 0 Å². The molecular formula is C27H35N3O5. The van der Waals surface area contributed by atoms with Gasteiger partial charge in [0.1, 0.15) is 12.6 Å². The van der Waals surface area contributed by atoms with Crippen LogP contribution in [0.4, 0.5) is 4.79 Å². The van der Waals surface area contributed by atoms with E-state index in [1.54, 1.807) is 0 Å². The van der Waals surface area contributed by atoms with Crippen LogP contribution in [0.3, 0.4) is 0 Å². The summed E-state index contributed by atoms with van der Waals surface area (Å²) in [7, 11) is 3.69. The number of nitrogens with zero attached hydrogens (tertiary/aromatic N) is 1. The number of benzene rings is 2. The lowest BCUT2D eigenvalue weighted by Crippen LogP contribution is -2.48. The number of carbonyl (C=O) groups excluding carboxylic acids is 2. The van der Waals surface area contributed by atoms with Gasteiger partial charge in [0.15, 0.2) is 0 Å². The van der Waals surface area contributed by atoms with Crippen LogP contribution in [0.25, 0.3) is 11.1 Å². The fourth-order valence-electron chi connectivity index (χ4n) is 4.40. The highest BCUT2D eigenvalue weighted by atomic mass is 16.5. The Hall–Kier alpha value is -3.39. The van der Waals surface area contributed by atoms with Gasteiger partial charge in [0, 0.05) is 19.0 Å². The normalized spacial score (nSPS) is 14.2. The predicted molar refractivity (Wildman–Crippen MR) is 134 cm³/mol. The SMILES string of the molecule is CC(C)C(CNC(=O)OCC1c2ccccc2-c2ccccc21)C(=O)NC(CCN(C)C)C(=O)O. The molecule has 8 heteroatoms. The number of amides is 2. The zero-order valence-corrected chi connectivity index (χ0v) is 20.8. The molecule has 2 aromatic carbocycles. The number of carboxylic acid groups (broad SMARTS) is 1. The molecule has 0 aliphatic heterocycles. The summed E-state index contributed by atoms with van der Waals surface area (Å²) in [5, 5.41) is 14.8. The summed E-state index contributed by atoms with van der Waals surface area (Å²) < 4.78 is 5.55. The molecule has 0 aromatic heterocycles. The van der Waals surface area contributed by atoms with Gasteiger partial charge in [0.25, 0.3) is 0 Å². The largest absolute Gasteiger partial charge is 0.480 e. The van der Waals surface area contributed by atoms with Crippen LogP contribution in [-0.2, 0) is 14.3 Å². The van der Waals surface area contributed by atoms with Crippen LogP contribution in [0.5, 0.6) is 0 Å². The second kappa shape index (κ2) is 11.8. The van der Waals surface area contributed by atoms with Crippen molar-refractivity contribution in [2.45, 2.75) is 32.2 Å². The van der Waals surface area contributed by atoms with Gasteiger partial charge in [-0.3, -0.25) is 4.79 Å². The Morgan fingerprint density at radius 2 is 1.57 bits per heavy atom. The van der Waals surface area contributed by atoms with E-state index in [1.807, 2.05) is 57.1 Å². The van der Waals surface area contributed by atoms with Crippen LogP contribution in [-0.4, -0.2) is 67.8 Å². The maximum absolute atomic E-state index is 12.8. The summed E-state index contributed by atoms with van der Waals surface area (Å²) >= 11 is 0. The molecule has 1 aliphatic rings. The first kappa shape index (κ1) is 26.2. The molecule has 0 heterocycles. The zero-order valence-electron chi connectivity index (χ0n) is 20.8. The molecular weight excluding hydrogens is 446 g/mol. The quantitative estimate of drug-likeness (QED) is 0.454. The standard InChI is InChI=1S/C27H35N3O5/c1-17(2)22(25(31)29-24(26(32)33)13-14-30(3)4)15-28-27(34)35-16-23-20-11-7-5-9-18(20)19-10-6-8-12-21(19)23/h5-12,17,22-24H,13-16H2,1-4H3,(H,28,34)(H,29,31)(H,32,33). The van der Waals surface area contributed by atoms with Gasteiger partial charge in [0.05, 0.1) is 5.92 Å². The highest BCUT2D eigenvalue weighted by Crippen LogP contribution is 2.44. The molecule has 0 bridgehead atoms. The molecule has 3 rings (SSSR count). The summed E-state index contributed by atoms with van der Waals surface area (Å²) in [6.07, 6.45) is -0.314. The number of aliphatic carboxylic acids is 1. The number of carboxylic acids is 1. The maximum Gasteiger partial charge on any atom is 0.407 e. The minimum absolute atomic E-state index is 0.0506. The van der Waals surface area contributed by atoms with Crippen LogP contribution in [0.2, 0.25) is 0 Å². The Morgan fingerprint density at radius 1 is 1.00 bits per heavy atom. The highest BCUT2D eigenvalue weighted by Gasteiger charge is 2.30. The molecule has 8 nitrogen and oxygen atoms in total. The second-order valence-corrected chi connectivity index (χ2v) is 9.55. The Labute approximate surface area is 206 Å². The zero-order chi connectivity index (χ0) is 25.5. The van der Waals surface area contributed by atoms with E-state index in [-0.39, 0.29) is 25.0 Å². The van der Waals surface area contributed by atoms with E-state index in [0.29, 0.717) is 13.0 Å². The van der Waals surface area contributed by atoms with E-state index in [2.05, 4.69) is 34.9 Å². The topological polar surface area (TPSA) is 108 Å². The van der Waals surface area contributed by atoms with Crippen molar-refractivity contribution < 1.29 is 24.2 Å². The van der Waals surface area contributed by atoms with Gasteiger partial charge in [-0.2, -0.15) is 0 Å². The fraction of sp³-hybridized carbons (Fsp3) is 0.444. The van der Waals surface area contributed by atoms with E-state index < -0.39 is 29.9 Å². The monoisotopic (exact) mass is 481 g/mol. The molecule has 0 saturated heterocycles. The minimum atomic E-state index is -1.08.